The van der Waals surface area contributed by atoms with Crippen LogP contribution in [0.5, 0.6) is 5.75 Å². The smallest absolute Gasteiger partial charge is 0.119 e. The molecule has 0 aromatic heterocycles. The van der Waals surface area contributed by atoms with Gasteiger partial charge in [0.15, 0.2) is 0 Å². The van der Waals surface area contributed by atoms with E-state index in [0.717, 1.165) is 31.4 Å². The zero-order valence-corrected chi connectivity index (χ0v) is 11.4. The molecule has 1 atom stereocenters. The maximum absolute atomic E-state index is 5.45. The topological polar surface area (TPSA) is 33.3 Å². The molecule has 100 valence electrons. The molecule has 2 rings (SSSR count). The quantitative estimate of drug-likeness (QED) is 0.840. The van der Waals surface area contributed by atoms with Crippen LogP contribution in [0, 0.1) is 5.92 Å². The van der Waals surface area contributed by atoms with Crippen LogP contribution in [0.4, 0.5) is 5.69 Å². The van der Waals surface area contributed by atoms with Gasteiger partial charge in [0.2, 0.25) is 0 Å². The first-order valence-corrected chi connectivity index (χ1v) is 6.99. The summed E-state index contributed by atoms with van der Waals surface area (Å²) in [7, 11) is 0. The van der Waals surface area contributed by atoms with Crippen molar-refractivity contribution in [1.29, 1.82) is 0 Å². The summed E-state index contributed by atoms with van der Waals surface area (Å²) in [4.78, 5) is 0. The molecule has 1 saturated heterocycles. The Morgan fingerprint density at radius 3 is 2.56 bits per heavy atom. The van der Waals surface area contributed by atoms with Crippen LogP contribution in [0.15, 0.2) is 24.3 Å². The molecule has 0 saturated carbocycles. The first-order valence-electron chi connectivity index (χ1n) is 6.99. The molecule has 0 bridgehead atoms. The summed E-state index contributed by atoms with van der Waals surface area (Å²) in [6.07, 6.45) is 2.54. The fraction of sp³-hybridized carbons (Fsp3) is 0.600. The van der Waals surface area contributed by atoms with Crippen LogP contribution < -0.4 is 15.4 Å². The number of piperidine rings is 1. The van der Waals surface area contributed by atoms with Gasteiger partial charge >= 0.3 is 0 Å². The van der Waals surface area contributed by atoms with Gasteiger partial charge in [-0.25, -0.2) is 0 Å². The largest absolute Gasteiger partial charge is 0.494 e. The van der Waals surface area contributed by atoms with E-state index in [0.29, 0.717) is 6.04 Å². The Morgan fingerprint density at radius 1 is 1.28 bits per heavy atom. The molecule has 1 aromatic carbocycles. The highest BCUT2D eigenvalue weighted by Crippen LogP contribution is 2.21. The van der Waals surface area contributed by atoms with E-state index in [2.05, 4.69) is 29.7 Å². The van der Waals surface area contributed by atoms with Crippen molar-refractivity contribution in [3.63, 3.8) is 0 Å². The normalized spacial score (nSPS) is 18.3. The van der Waals surface area contributed by atoms with Crippen molar-refractivity contribution in [2.75, 3.05) is 25.0 Å². The van der Waals surface area contributed by atoms with Crippen molar-refractivity contribution >= 4 is 5.69 Å². The number of hydrogen-bond acceptors (Lipinski definition) is 3. The van der Waals surface area contributed by atoms with Gasteiger partial charge in [0.1, 0.15) is 5.75 Å². The van der Waals surface area contributed by atoms with Crippen molar-refractivity contribution in [2.45, 2.75) is 32.7 Å². The molecule has 1 fully saturated rings. The molecule has 3 heteroatoms. The highest BCUT2D eigenvalue weighted by molar-refractivity contribution is 5.47. The van der Waals surface area contributed by atoms with Crippen LogP contribution in [0.1, 0.15) is 26.7 Å². The number of nitrogens with one attached hydrogen (secondary N) is 2. The first kappa shape index (κ1) is 13.2. The van der Waals surface area contributed by atoms with E-state index < -0.39 is 0 Å². The monoisotopic (exact) mass is 248 g/mol. The van der Waals surface area contributed by atoms with Crippen molar-refractivity contribution in [3.8, 4) is 5.75 Å². The third kappa shape index (κ3) is 3.64. The Hall–Kier alpha value is -1.22. The van der Waals surface area contributed by atoms with Crippen LogP contribution in [0.3, 0.4) is 0 Å². The highest BCUT2D eigenvalue weighted by Gasteiger charge is 2.19. The molecule has 1 aliphatic rings. The summed E-state index contributed by atoms with van der Waals surface area (Å²) >= 11 is 0. The molecule has 1 unspecified atom stereocenters. The lowest BCUT2D eigenvalue weighted by Gasteiger charge is -2.29. The summed E-state index contributed by atoms with van der Waals surface area (Å²) in [6, 6.07) is 8.79. The third-order valence-electron chi connectivity index (χ3n) is 3.65. The number of ether oxygens (including phenoxy) is 1. The molecule has 0 amide bonds. The maximum atomic E-state index is 5.45. The van der Waals surface area contributed by atoms with E-state index in [1.54, 1.807) is 0 Å². The van der Waals surface area contributed by atoms with Gasteiger partial charge in [-0.15, -0.1) is 0 Å². The second-order valence-electron chi connectivity index (χ2n) is 4.98. The van der Waals surface area contributed by atoms with Crippen molar-refractivity contribution < 1.29 is 4.74 Å². The Bertz CT molecular complexity index is 344. The molecule has 0 spiro atoms. The van der Waals surface area contributed by atoms with E-state index in [9.17, 15) is 0 Å². The number of hydrogen-bond donors (Lipinski definition) is 2. The Morgan fingerprint density at radius 2 is 1.94 bits per heavy atom. The number of benzene rings is 1. The van der Waals surface area contributed by atoms with Gasteiger partial charge in [0.25, 0.3) is 0 Å². The fourth-order valence-corrected chi connectivity index (χ4v) is 2.54. The Kier molecular flexibility index (Phi) is 4.88. The van der Waals surface area contributed by atoms with Crippen molar-refractivity contribution in [3.05, 3.63) is 24.3 Å². The van der Waals surface area contributed by atoms with E-state index in [4.69, 9.17) is 4.74 Å². The van der Waals surface area contributed by atoms with Gasteiger partial charge in [-0.1, -0.05) is 0 Å². The second kappa shape index (κ2) is 6.64. The Balaban J connectivity index is 1.87. The lowest BCUT2D eigenvalue weighted by molar-refractivity contribution is 0.339. The highest BCUT2D eigenvalue weighted by atomic mass is 16.5. The van der Waals surface area contributed by atoms with Gasteiger partial charge in [-0.2, -0.15) is 0 Å². The molecule has 1 aliphatic heterocycles. The van der Waals surface area contributed by atoms with Crippen molar-refractivity contribution in [2.24, 2.45) is 5.92 Å². The van der Waals surface area contributed by atoms with Gasteiger partial charge in [-0.3, -0.25) is 0 Å². The van der Waals surface area contributed by atoms with Crippen LogP contribution in [0.25, 0.3) is 0 Å². The zero-order valence-electron chi connectivity index (χ0n) is 11.4. The first-order chi connectivity index (χ1) is 8.79. The molecular formula is C15H24N2O. The van der Waals surface area contributed by atoms with Crippen LogP contribution in [-0.2, 0) is 0 Å². The van der Waals surface area contributed by atoms with Crippen LogP contribution >= 0.6 is 0 Å². The van der Waals surface area contributed by atoms with Crippen LogP contribution in [0.2, 0.25) is 0 Å². The van der Waals surface area contributed by atoms with E-state index >= 15 is 0 Å². The molecule has 0 radical (unpaired) electrons. The Labute approximate surface area is 110 Å². The van der Waals surface area contributed by atoms with Gasteiger partial charge in [-0.05, 0) is 70.0 Å². The molecule has 2 N–H and O–H groups in total. The fourth-order valence-electron chi connectivity index (χ4n) is 2.54. The predicted octanol–water partition coefficient (Wildman–Crippen LogP) is 2.89. The predicted molar refractivity (Wildman–Crippen MR) is 76.3 cm³/mol. The molecule has 1 aromatic rings. The average molecular weight is 248 g/mol. The molecular weight excluding hydrogens is 224 g/mol. The molecule has 0 aliphatic carbocycles. The summed E-state index contributed by atoms with van der Waals surface area (Å²) in [5, 5.41) is 7.01. The SMILES string of the molecule is CCOc1ccc(NC(C)C2CCNCC2)cc1. The minimum absolute atomic E-state index is 0.532. The number of rotatable bonds is 5. The van der Waals surface area contributed by atoms with Gasteiger partial charge in [0, 0.05) is 11.7 Å². The summed E-state index contributed by atoms with van der Waals surface area (Å²) in [5.74, 6) is 1.72. The summed E-state index contributed by atoms with van der Waals surface area (Å²) in [6.45, 7) is 7.32. The summed E-state index contributed by atoms with van der Waals surface area (Å²) in [5.41, 5.74) is 1.18. The lowest BCUT2D eigenvalue weighted by atomic mass is 9.91. The second-order valence-corrected chi connectivity index (χ2v) is 4.98. The standard InChI is InChI=1S/C15H24N2O/c1-3-18-15-6-4-14(5-7-15)17-12(2)13-8-10-16-11-9-13/h4-7,12-13,16-17H,3,8-11H2,1-2H3. The van der Waals surface area contributed by atoms with Gasteiger partial charge < -0.3 is 15.4 Å². The minimum atomic E-state index is 0.532. The minimum Gasteiger partial charge on any atom is -0.494 e. The third-order valence-corrected chi connectivity index (χ3v) is 3.65. The van der Waals surface area contributed by atoms with E-state index in [1.807, 2.05) is 19.1 Å². The van der Waals surface area contributed by atoms with Crippen LogP contribution in [-0.4, -0.2) is 25.7 Å². The van der Waals surface area contributed by atoms with E-state index in [-0.39, 0.29) is 0 Å². The molecule has 18 heavy (non-hydrogen) atoms. The van der Waals surface area contributed by atoms with Gasteiger partial charge in [0.05, 0.1) is 6.61 Å². The van der Waals surface area contributed by atoms with E-state index in [1.165, 1.54) is 18.5 Å². The molecule has 1 heterocycles. The number of anilines is 1. The maximum Gasteiger partial charge on any atom is 0.119 e. The average Bonchev–Trinajstić information content (AvgIpc) is 2.42. The summed E-state index contributed by atoms with van der Waals surface area (Å²) < 4.78 is 5.45. The molecule has 3 nitrogen and oxygen atoms in total. The zero-order chi connectivity index (χ0) is 12.8. The lowest BCUT2D eigenvalue weighted by Crippen LogP contribution is -2.36. The van der Waals surface area contributed by atoms with Crippen molar-refractivity contribution in [1.82, 2.24) is 5.32 Å².